The molecule has 1 atom stereocenters. The summed E-state index contributed by atoms with van der Waals surface area (Å²) >= 11 is 0. The second-order valence-electron chi connectivity index (χ2n) is 6.64. The number of nitrogens with one attached hydrogen (secondary N) is 2. The third-order valence-electron chi connectivity index (χ3n) is 3.91. The maximum Gasteiger partial charge on any atom is 0.237 e. The first-order valence-electron chi connectivity index (χ1n) is 7.57. The summed E-state index contributed by atoms with van der Waals surface area (Å²) in [5, 5.41) is 6.23. The van der Waals surface area contributed by atoms with Gasteiger partial charge in [-0.3, -0.25) is 4.79 Å². The molecule has 0 spiro atoms. The van der Waals surface area contributed by atoms with Crippen molar-refractivity contribution in [1.82, 2.24) is 10.6 Å². The SMILES string of the molecule is CC(C)(C)c1ccc(CCNC(=O)C2CCCN2)cc1. The molecule has 20 heavy (non-hydrogen) atoms. The van der Waals surface area contributed by atoms with Crippen LogP contribution >= 0.6 is 0 Å². The van der Waals surface area contributed by atoms with Crippen LogP contribution in [0.15, 0.2) is 24.3 Å². The second-order valence-corrected chi connectivity index (χ2v) is 6.64. The van der Waals surface area contributed by atoms with Crippen molar-refractivity contribution in [2.24, 2.45) is 0 Å². The molecule has 1 fully saturated rings. The van der Waals surface area contributed by atoms with Crippen LogP contribution in [0.2, 0.25) is 0 Å². The summed E-state index contributed by atoms with van der Waals surface area (Å²) in [4.78, 5) is 11.8. The van der Waals surface area contributed by atoms with Crippen LogP contribution in [-0.4, -0.2) is 25.0 Å². The molecule has 1 heterocycles. The highest BCUT2D eigenvalue weighted by Crippen LogP contribution is 2.22. The smallest absolute Gasteiger partial charge is 0.237 e. The maximum absolute atomic E-state index is 11.8. The molecule has 0 saturated carbocycles. The van der Waals surface area contributed by atoms with Gasteiger partial charge in [-0.05, 0) is 42.3 Å². The number of carbonyl (C=O) groups is 1. The quantitative estimate of drug-likeness (QED) is 0.885. The van der Waals surface area contributed by atoms with Gasteiger partial charge in [-0.15, -0.1) is 0 Å². The summed E-state index contributed by atoms with van der Waals surface area (Å²) in [6.07, 6.45) is 2.96. The average Bonchev–Trinajstić information content (AvgIpc) is 2.92. The van der Waals surface area contributed by atoms with Gasteiger partial charge >= 0.3 is 0 Å². The number of hydrogen-bond donors (Lipinski definition) is 2. The first-order chi connectivity index (χ1) is 9.47. The van der Waals surface area contributed by atoms with Crippen LogP contribution in [0.25, 0.3) is 0 Å². The van der Waals surface area contributed by atoms with Crippen LogP contribution < -0.4 is 10.6 Å². The van der Waals surface area contributed by atoms with Crippen molar-refractivity contribution >= 4 is 5.91 Å². The minimum atomic E-state index is 0.0262. The molecule has 2 rings (SSSR count). The largest absolute Gasteiger partial charge is 0.354 e. The molecule has 1 aliphatic heterocycles. The van der Waals surface area contributed by atoms with Crippen molar-refractivity contribution in [2.45, 2.75) is 51.5 Å². The molecule has 1 unspecified atom stereocenters. The Morgan fingerprint density at radius 3 is 2.55 bits per heavy atom. The first-order valence-corrected chi connectivity index (χ1v) is 7.57. The summed E-state index contributed by atoms with van der Waals surface area (Å²) in [6.45, 7) is 8.34. The van der Waals surface area contributed by atoms with Crippen molar-refractivity contribution in [3.05, 3.63) is 35.4 Å². The average molecular weight is 274 g/mol. The van der Waals surface area contributed by atoms with E-state index in [9.17, 15) is 4.79 Å². The molecule has 0 bridgehead atoms. The lowest BCUT2D eigenvalue weighted by molar-refractivity contribution is -0.122. The summed E-state index contributed by atoms with van der Waals surface area (Å²) in [5.41, 5.74) is 2.82. The number of rotatable bonds is 4. The zero-order valence-electron chi connectivity index (χ0n) is 12.8. The van der Waals surface area contributed by atoms with Crippen molar-refractivity contribution < 1.29 is 4.79 Å². The van der Waals surface area contributed by atoms with Gasteiger partial charge in [-0.1, -0.05) is 45.0 Å². The van der Waals surface area contributed by atoms with Gasteiger partial charge in [0.05, 0.1) is 6.04 Å². The van der Waals surface area contributed by atoms with Crippen LogP contribution in [0, 0.1) is 0 Å². The van der Waals surface area contributed by atoms with Gasteiger partial charge in [0.1, 0.15) is 0 Å². The Kier molecular flexibility index (Phi) is 4.81. The molecule has 110 valence electrons. The van der Waals surface area contributed by atoms with E-state index in [4.69, 9.17) is 0 Å². The summed E-state index contributed by atoms with van der Waals surface area (Å²) in [7, 11) is 0. The monoisotopic (exact) mass is 274 g/mol. The minimum Gasteiger partial charge on any atom is -0.354 e. The van der Waals surface area contributed by atoms with Crippen molar-refractivity contribution in [3.8, 4) is 0 Å². The lowest BCUT2D eigenvalue weighted by Crippen LogP contribution is -2.41. The summed E-state index contributed by atoms with van der Waals surface area (Å²) in [5.74, 6) is 0.147. The molecule has 3 nitrogen and oxygen atoms in total. The van der Waals surface area contributed by atoms with E-state index in [1.165, 1.54) is 11.1 Å². The lowest BCUT2D eigenvalue weighted by atomic mass is 9.86. The molecule has 0 aliphatic carbocycles. The molecular weight excluding hydrogens is 248 g/mol. The standard InChI is InChI=1S/C17H26N2O/c1-17(2,3)14-8-6-13(7-9-14)10-12-19-16(20)15-5-4-11-18-15/h6-9,15,18H,4-5,10-12H2,1-3H3,(H,19,20). The highest BCUT2D eigenvalue weighted by atomic mass is 16.2. The van der Waals surface area contributed by atoms with Crippen LogP contribution in [0.4, 0.5) is 0 Å². The fourth-order valence-electron chi connectivity index (χ4n) is 2.53. The molecule has 0 radical (unpaired) electrons. The summed E-state index contributed by atoms with van der Waals surface area (Å²) < 4.78 is 0. The van der Waals surface area contributed by atoms with Crippen molar-refractivity contribution in [2.75, 3.05) is 13.1 Å². The van der Waals surface area contributed by atoms with Gasteiger partial charge in [-0.25, -0.2) is 0 Å². The zero-order valence-corrected chi connectivity index (χ0v) is 12.8. The summed E-state index contributed by atoms with van der Waals surface area (Å²) in [6, 6.07) is 8.74. The van der Waals surface area contributed by atoms with E-state index in [-0.39, 0.29) is 17.4 Å². The Hall–Kier alpha value is -1.35. The van der Waals surface area contributed by atoms with Gasteiger partial charge in [0.2, 0.25) is 5.91 Å². The van der Waals surface area contributed by atoms with Crippen LogP contribution in [-0.2, 0) is 16.6 Å². The number of benzene rings is 1. The zero-order chi connectivity index (χ0) is 14.6. The van der Waals surface area contributed by atoms with E-state index < -0.39 is 0 Å². The molecule has 2 N–H and O–H groups in total. The molecule has 3 heteroatoms. The maximum atomic E-state index is 11.8. The van der Waals surface area contributed by atoms with Gasteiger partial charge in [0, 0.05) is 6.54 Å². The van der Waals surface area contributed by atoms with Gasteiger partial charge in [0.15, 0.2) is 0 Å². The molecule has 1 saturated heterocycles. The predicted molar refractivity (Wildman–Crippen MR) is 82.9 cm³/mol. The van der Waals surface area contributed by atoms with Crippen molar-refractivity contribution in [1.29, 1.82) is 0 Å². The Morgan fingerprint density at radius 2 is 2.00 bits per heavy atom. The van der Waals surface area contributed by atoms with Gasteiger partial charge in [0.25, 0.3) is 0 Å². The molecule has 1 aromatic rings. The van der Waals surface area contributed by atoms with E-state index in [1.54, 1.807) is 0 Å². The predicted octanol–water partition coefficient (Wildman–Crippen LogP) is 2.39. The highest BCUT2D eigenvalue weighted by Gasteiger charge is 2.21. The number of hydrogen-bond acceptors (Lipinski definition) is 2. The Labute approximate surface area is 122 Å². The fourth-order valence-corrected chi connectivity index (χ4v) is 2.53. The first kappa shape index (κ1) is 15.0. The van der Waals surface area contributed by atoms with E-state index in [0.29, 0.717) is 6.54 Å². The van der Waals surface area contributed by atoms with Crippen molar-refractivity contribution in [3.63, 3.8) is 0 Å². The third-order valence-corrected chi connectivity index (χ3v) is 3.91. The number of amides is 1. The van der Waals surface area contributed by atoms with Crippen LogP contribution in [0.5, 0.6) is 0 Å². The second kappa shape index (κ2) is 6.40. The lowest BCUT2D eigenvalue weighted by Gasteiger charge is -2.19. The normalized spacial score (nSPS) is 19.1. The Morgan fingerprint density at radius 1 is 1.30 bits per heavy atom. The van der Waals surface area contributed by atoms with Crippen LogP contribution in [0.1, 0.15) is 44.7 Å². The third kappa shape index (κ3) is 4.07. The van der Waals surface area contributed by atoms with E-state index in [1.807, 2.05) is 0 Å². The van der Waals surface area contributed by atoms with Gasteiger partial charge < -0.3 is 10.6 Å². The van der Waals surface area contributed by atoms with E-state index in [2.05, 4.69) is 55.7 Å². The highest BCUT2D eigenvalue weighted by molar-refractivity contribution is 5.81. The van der Waals surface area contributed by atoms with E-state index >= 15 is 0 Å². The molecule has 1 aromatic carbocycles. The molecule has 1 amide bonds. The minimum absolute atomic E-state index is 0.0262. The number of carbonyl (C=O) groups excluding carboxylic acids is 1. The van der Waals surface area contributed by atoms with Gasteiger partial charge in [-0.2, -0.15) is 0 Å². The Balaban J connectivity index is 1.78. The fraction of sp³-hybridized carbons (Fsp3) is 0.588. The van der Waals surface area contributed by atoms with Crippen LogP contribution in [0.3, 0.4) is 0 Å². The molecular formula is C17H26N2O. The topological polar surface area (TPSA) is 41.1 Å². The molecule has 0 aromatic heterocycles. The van der Waals surface area contributed by atoms with E-state index in [0.717, 1.165) is 25.8 Å². The Bertz CT molecular complexity index is 439. The molecule has 1 aliphatic rings.